The van der Waals surface area contributed by atoms with Crippen molar-refractivity contribution in [3.05, 3.63) is 0 Å². The van der Waals surface area contributed by atoms with Crippen LogP contribution in [-0.4, -0.2) is 79.1 Å². The number of aliphatic hydroxyl groups is 3. The standard InChI is InChI=1S/C14H28O7/c1-8(16)14(10(18-3)5-6-15)21-12-7-11(19-4)13(17)9(2)20-12/h8-17H,5-7H2,1-4H3/t8-,9+,10+,11+,12+,13-,14-/m1/s1. The van der Waals surface area contributed by atoms with Crippen LogP contribution in [0.5, 0.6) is 0 Å². The van der Waals surface area contributed by atoms with Crippen LogP contribution in [0, 0.1) is 0 Å². The largest absolute Gasteiger partial charge is 0.396 e. The summed E-state index contributed by atoms with van der Waals surface area (Å²) < 4.78 is 21.9. The van der Waals surface area contributed by atoms with Crippen LogP contribution in [0.3, 0.4) is 0 Å². The van der Waals surface area contributed by atoms with E-state index in [2.05, 4.69) is 0 Å². The molecular formula is C14H28O7. The summed E-state index contributed by atoms with van der Waals surface area (Å²) in [4.78, 5) is 0. The SMILES string of the molecule is CO[C@H]1C[C@H](O[C@@H]([C@H](CCO)OC)[C@@H](C)O)O[C@@H](C)[C@H]1O. The molecule has 0 amide bonds. The predicted molar refractivity (Wildman–Crippen MR) is 74.8 cm³/mol. The van der Waals surface area contributed by atoms with Crippen molar-refractivity contribution in [2.75, 3.05) is 20.8 Å². The molecule has 1 fully saturated rings. The van der Waals surface area contributed by atoms with Gasteiger partial charge in [-0.1, -0.05) is 0 Å². The minimum Gasteiger partial charge on any atom is -0.396 e. The maximum Gasteiger partial charge on any atom is 0.161 e. The molecule has 0 unspecified atom stereocenters. The van der Waals surface area contributed by atoms with Gasteiger partial charge in [0.25, 0.3) is 0 Å². The maximum absolute atomic E-state index is 9.93. The van der Waals surface area contributed by atoms with E-state index in [0.29, 0.717) is 12.8 Å². The van der Waals surface area contributed by atoms with Gasteiger partial charge in [0.05, 0.1) is 24.4 Å². The van der Waals surface area contributed by atoms with Crippen molar-refractivity contribution in [2.24, 2.45) is 0 Å². The van der Waals surface area contributed by atoms with Crippen LogP contribution in [0.1, 0.15) is 26.7 Å². The molecule has 0 aromatic carbocycles. The van der Waals surface area contributed by atoms with Crippen molar-refractivity contribution in [1.82, 2.24) is 0 Å². The van der Waals surface area contributed by atoms with E-state index < -0.39 is 36.8 Å². The fourth-order valence-electron chi connectivity index (χ4n) is 2.56. The molecule has 0 radical (unpaired) electrons. The molecule has 0 bridgehead atoms. The van der Waals surface area contributed by atoms with Gasteiger partial charge in [0.2, 0.25) is 0 Å². The Bertz CT molecular complexity index is 286. The van der Waals surface area contributed by atoms with Crippen LogP contribution >= 0.6 is 0 Å². The summed E-state index contributed by atoms with van der Waals surface area (Å²) in [6, 6.07) is 0. The first-order valence-corrected chi connectivity index (χ1v) is 7.28. The highest BCUT2D eigenvalue weighted by Gasteiger charge is 2.39. The van der Waals surface area contributed by atoms with Gasteiger partial charge in [-0.3, -0.25) is 0 Å². The molecule has 21 heavy (non-hydrogen) atoms. The van der Waals surface area contributed by atoms with Gasteiger partial charge in [-0.2, -0.15) is 0 Å². The summed E-state index contributed by atoms with van der Waals surface area (Å²) in [6.45, 7) is 3.28. The molecule has 1 saturated heterocycles. The number of rotatable bonds is 8. The van der Waals surface area contributed by atoms with Gasteiger partial charge in [-0.15, -0.1) is 0 Å². The minimum atomic E-state index is -0.784. The van der Waals surface area contributed by atoms with Crippen LogP contribution in [0.2, 0.25) is 0 Å². The second-order valence-corrected chi connectivity index (χ2v) is 5.40. The van der Waals surface area contributed by atoms with Crippen molar-refractivity contribution < 1.29 is 34.3 Å². The van der Waals surface area contributed by atoms with Crippen molar-refractivity contribution in [2.45, 2.75) is 69.6 Å². The Morgan fingerprint density at radius 2 is 2.00 bits per heavy atom. The van der Waals surface area contributed by atoms with E-state index in [1.54, 1.807) is 13.8 Å². The lowest BCUT2D eigenvalue weighted by molar-refractivity contribution is -0.282. The van der Waals surface area contributed by atoms with Crippen LogP contribution in [0.25, 0.3) is 0 Å². The Morgan fingerprint density at radius 3 is 2.48 bits per heavy atom. The van der Waals surface area contributed by atoms with E-state index in [0.717, 1.165) is 0 Å². The summed E-state index contributed by atoms with van der Waals surface area (Å²) in [6.07, 6.45) is -3.28. The highest BCUT2D eigenvalue weighted by atomic mass is 16.7. The number of hydrogen-bond acceptors (Lipinski definition) is 7. The smallest absolute Gasteiger partial charge is 0.161 e. The molecule has 1 heterocycles. The number of hydrogen-bond donors (Lipinski definition) is 3. The van der Waals surface area contributed by atoms with E-state index in [9.17, 15) is 10.2 Å². The molecule has 0 spiro atoms. The molecule has 1 rings (SSSR count). The van der Waals surface area contributed by atoms with E-state index in [1.165, 1.54) is 14.2 Å². The average Bonchev–Trinajstić information content (AvgIpc) is 2.45. The summed E-state index contributed by atoms with van der Waals surface area (Å²) in [5, 5.41) is 28.9. The molecule has 3 N–H and O–H groups in total. The summed E-state index contributed by atoms with van der Waals surface area (Å²) in [5.74, 6) is 0. The molecule has 7 atom stereocenters. The van der Waals surface area contributed by atoms with Gasteiger partial charge in [0.1, 0.15) is 12.2 Å². The first-order chi connectivity index (χ1) is 9.94. The zero-order chi connectivity index (χ0) is 16.0. The highest BCUT2D eigenvalue weighted by Crippen LogP contribution is 2.26. The van der Waals surface area contributed by atoms with E-state index >= 15 is 0 Å². The zero-order valence-electron chi connectivity index (χ0n) is 13.1. The third kappa shape index (κ3) is 5.14. The van der Waals surface area contributed by atoms with Gasteiger partial charge < -0.3 is 34.3 Å². The predicted octanol–water partition coefficient (Wildman–Crippen LogP) is -0.339. The molecule has 1 aliphatic heterocycles. The third-order valence-corrected chi connectivity index (χ3v) is 3.82. The quantitative estimate of drug-likeness (QED) is 0.564. The summed E-state index contributed by atoms with van der Waals surface area (Å²) in [5.41, 5.74) is 0. The molecule has 1 aliphatic rings. The van der Waals surface area contributed by atoms with Crippen LogP contribution in [-0.2, 0) is 18.9 Å². The lowest BCUT2D eigenvalue weighted by atomic mass is 10.0. The number of ether oxygens (including phenoxy) is 4. The summed E-state index contributed by atoms with van der Waals surface area (Å²) in [7, 11) is 3.03. The lowest BCUT2D eigenvalue weighted by Gasteiger charge is -2.39. The molecule has 126 valence electrons. The van der Waals surface area contributed by atoms with Crippen molar-refractivity contribution >= 4 is 0 Å². The Balaban J connectivity index is 2.70. The molecule has 0 aromatic rings. The van der Waals surface area contributed by atoms with E-state index in [4.69, 9.17) is 24.1 Å². The van der Waals surface area contributed by atoms with Crippen molar-refractivity contribution in [3.63, 3.8) is 0 Å². The van der Waals surface area contributed by atoms with Crippen LogP contribution < -0.4 is 0 Å². The third-order valence-electron chi connectivity index (χ3n) is 3.82. The first-order valence-electron chi connectivity index (χ1n) is 7.28. The fraction of sp³-hybridized carbons (Fsp3) is 1.00. The monoisotopic (exact) mass is 308 g/mol. The fourth-order valence-corrected chi connectivity index (χ4v) is 2.56. The number of aliphatic hydroxyl groups excluding tert-OH is 3. The number of methoxy groups -OCH3 is 2. The topological polar surface area (TPSA) is 97.6 Å². The van der Waals surface area contributed by atoms with Crippen LogP contribution in [0.4, 0.5) is 0 Å². The Kier molecular flexibility index (Phi) is 8.04. The van der Waals surface area contributed by atoms with Crippen molar-refractivity contribution in [1.29, 1.82) is 0 Å². The maximum atomic E-state index is 9.93. The molecule has 0 aliphatic carbocycles. The summed E-state index contributed by atoms with van der Waals surface area (Å²) >= 11 is 0. The normalized spacial score (nSPS) is 34.4. The van der Waals surface area contributed by atoms with Gasteiger partial charge in [0.15, 0.2) is 6.29 Å². The molecule has 0 saturated carbocycles. The van der Waals surface area contributed by atoms with Gasteiger partial charge >= 0.3 is 0 Å². The lowest BCUT2D eigenvalue weighted by Crippen LogP contribution is -2.51. The highest BCUT2D eigenvalue weighted by molar-refractivity contribution is 4.83. The molecule has 7 heteroatoms. The minimum absolute atomic E-state index is 0.0631. The second-order valence-electron chi connectivity index (χ2n) is 5.40. The average molecular weight is 308 g/mol. The van der Waals surface area contributed by atoms with Gasteiger partial charge in [-0.25, -0.2) is 0 Å². The Labute approximate surface area is 125 Å². The van der Waals surface area contributed by atoms with Crippen molar-refractivity contribution in [3.8, 4) is 0 Å². The van der Waals surface area contributed by atoms with Gasteiger partial charge in [-0.05, 0) is 20.3 Å². The van der Waals surface area contributed by atoms with E-state index in [1.807, 2.05) is 0 Å². The first kappa shape index (κ1) is 18.8. The Morgan fingerprint density at radius 1 is 1.33 bits per heavy atom. The zero-order valence-corrected chi connectivity index (χ0v) is 13.1. The van der Waals surface area contributed by atoms with Gasteiger partial charge in [0, 0.05) is 27.2 Å². The molecule has 0 aromatic heterocycles. The van der Waals surface area contributed by atoms with Crippen LogP contribution in [0.15, 0.2) is 0 Å². The van der Waals surface area contributed by atoms with E-state index in [-0.39, 0.29) is 12.7 Å². The molecule has 7 nitrogen and oxygen atoms in total. The second kappa shape index (κ2) is 8.99. The Hall–Kier alpha value is -0.280. The molecular weight excluding hydrogens is 280 g/mol.